The first-order valence-corrected chi connectivity index (χ1v) is 9.17. The van der Waals surface area contributed by atoms with Gasteiger partial charge < -0.3 is 19.1 Å². The molecule has 8 nitrogen and oxygen atoms in total. The van der Waals surface area contributed by atoms with E-state index in [1.54, 1.807) is 6.92 Å². The van der Waals surface area contributed by atoms with Crippen LogP contribution in [0.4, 0.5) is 5.69 Å². The van der Waals surface area contributed by atoms with E-state index >= 15 is 0 Å². The molecule has 0 saturated carbocycles. The maximum Gasteiger partial charge on any atom is 0.342 e. The molecule has 0 unspecified atom stereocenters. The standard InChI is InChI=1S/C18H15NO7S/c1-10-16(18(22)25-2)14-9-12(5-8-15(14)26-10)19-27(23,24)13-6-3-11(4-7-13)17(20)21/h3-9,19H,1-2H3,(H,20,21)/p-1. The number of esters is 1. The van der Waals surface area contributed by atoms with Gasteiger partial charge in [-0.05, 0) is 42.8 Å². The first-order chi connectivity index (χ1) is 12.7. The van der Waals surface area contributed by atoms with Crippen molar-refractivity contribution in [2.75, 3.05) is 11.8 Å². The van der Waals surface area contributed by atoms with E-state index < -0.39 is 22.0 Å². The van der Waals surface area contributed by atoms with Crippen LogP contribution in [0.15, 0.2) is 51.8 Å². The summed E-state index contributed by atoms with van der Waals surface area (Å²) < 4.78 is 37.6. The summed E-state index contributed by atoms with van der Waals surface area (Å²) in [5.74, 6) is -1.64. The number of anilines is 1. The van der Waals surface area contributed by atoms with Crippen LogP contribution in [-0.2, 0) is 14.8 Å². The van der Waals surface area contributed by atoms with Crippen LogP contribution in [0.1, 0.15) is 26.5 Å². The van der Waals surface area contributed by atoms with Crippen molar-refractivity contribution in [3.8, 4) is 0 Å². The van der Waals surface area contributed by atoms with Crippen molar-refractivity contribution in [1.29, 1.82) is 0 Å². The molecule has 0 spiro atoms. The summed E-state index contributed by atoms with van der Waals surface area (Å²) in [5, 5.41) is 11.2. The summed E-state index contributed by atoms with van der Waals surface area (Å²) in [5.41, 5.74) is 0.699. The van der Waals surface area contributed by atoms with Gasteiger partial charge in [0.2, 0.25) is 0 Å². The number of carboxylic acid groups (broad SMARTS) is 1. The van der Waals surface area contributed by atoms with Crippen LogP contribution in [0, 0.1) is 6.92 Å². The molecular weight excluding hydrogens is 374 g/mol. The number of aryl methyl sites for hydroxylation is 1. The van der Waals surface area contributed by atoms with Gasteiger partial charge in [-0.15, -0.1) is 0 Å². The Balaban J connectivity index is 1.98. The Morgan fingerprint density at radius 2 is 1.78 bits per heavy atom. The second-order valence-electron chi connectivity index (χ2n) is 5.65. The molecule has 0 aliphatic heterocycles. The third kappa shape index (κ3) is 3.49. The molecule has 1 aromatic heterocycles. The Kier molecular flexibility index (Phi) is 4.63. The first kappa shape index (κ1) is 18.5. The fourth-order valence-corrected chi connectivity index (χ4v) is 3.67. The summed E-state index contributed by atoms with van der Waals surface area (Å²) >= 11 is 0. The average molecular weight is 388 g/mol. The van der Waals surface area contributed by atoms with Crippen molar-refractivity contribution in [3.05, 3.63) is 59.4 Å². The lowest BCUT2D eigenvalue weighted by molar-refractivity contribution is -0.255. The normalized spacial score (nSPS) is 11.3. The van der Waals surface area contributed by atoms with Crippen molar-refractivity contribution in [2.24, 2.45) is 0 Å². The fraction of sp³-hybridized carbons (Fsp3) is 0.111. The number of methoxy groups -OCH3 is 1. The zero-order chi connectivity index (χ0) is 19.8. The molecule has 3 rings (SSSR count). The van der Waals surface area contributed by atoms with E-state index in [0.717, 1.165) is 24.3 Å². The molecule has 0 aliphatic carbocycles. The van der Waals surface area contributed by atoms with Gasteiger partial charge >= 0.3 is 5.97 Å². The van der Waals surface area contributed by atoms with Gasteiger partial charge in [-0.25, -0.2) is 13.2 Å². The third-order valence-electron chi connectivity index (χ3n) is 3.91. The zero-order valence-electron chi connectivity index (χ0n) is 14.3. The highest BCUT2D eigenvalue weighted by Crippen LogP contribution is 2.29. The minimum atomic E-state index is -3.97. The Bertz CT molecular complexity index is 1140. The van der Waals surface area contributed by atoms with E-state index in [2.05, 4.69) is 4.72 Å². The molecular formula is C18H14NO7S-. The highest BCUT2D eigenvalue weighted by molar-refractivity contribution is 7.92. The molecule has 1 heterocycles. The molecule has 0 aliphatic rings. The number of carbonyl (C=O) groups excluding carboxylic acids is 2. The van der Waals surface area contributed by atoms with Crippen molar-refractivity contribution < 1.29 is 32.3 Å². The van der Waals surface area contributed by atoms with Crippen molar-refractivity contribution >= 4 is 38.6 Å². The van der Waals surface area contributed by atoms with Crippen LogP contribution in [-0.4, -0.2) is 27.5 Å². The minimum absolute atomic E-state index is 0.121. The van der Waals surface area contributed by atoms with E-state index in [1.165, 1.54) is 25.3 Å². The molecule has 0 amide bonds. The Hall–Kier alpha value is -3.33. The number of hydrogen-bond acceptors (Lipinski definition) is 7. The summed E-state index contributed by atoms with van der Waals surface area (Å²) in [7, 11) is -2.73. The Morgan fingerprint density at radius 1 is 1.11 bits per heavy atom. The highest BCUT2D eigenvalue weighted by Gasteiger charge is 2.20. The SMILES string of the molecule is COC(=O)c1c(C)oc2ccc(NS(=O)(=O)c3ccc(C(=O)[O-])cc3)cc12. The predicted molar refractivity (Wildman–Crippen MR) is 93.9 cm³/mol. The fourth-order valence-electron chi connectivity index (χ4n) is 2.62. The van der Waals surface area contributed by atoms with Gasteiger partial charge in [0.05, 0.1) is 18.0 Å². The first-order valence-electron chi connectivity index (χ1n) is 7.68. The molecule has 0 atom stereocenters. The monoisotopic (exact) mass is 388 g/mol. The number of nitrogens with one attached hydrogen (secondary N) is 1. The van der Waals surface area contributed by atoms with Gasteiger partial charge in [0.15, 0.2) is 0 Å². The second-order valence-corrected chi connectivity index (χ2v) is 7.34. The Morgan fingerprint density at radius 3 is 2.37 bits per heavy atom. The number of aromatic carboxylic acids is 1. The van der Waals surface area contributed by atoms with Gasteiger partial charge in [-0.1, -0.05) is 12.1 Å². The lowest BCUT2D eigenvalue weighted by Gasteiger charge is -2.09. The molecule has 3 aromatic rings. The summed E-state index contributed by atoms with van der Waals surface area (Å²) in [4.78, 5) is 22.6. The Labute approximate surface area is 154 Å². The molecule has 1 N–H and O–H groups in total. The molecule has 0 radical (unpaired) electrons. The average Bonchev–Trinajstić information content (AvgIpc) is 2.96. The number of sulfonamides is 1. The molecule has 2 aromatic carbocycles. The van der Waals surface area contributed by atoms with E-state index in [0.29, 0.717) is 16.7 Å². The maximum atomic E-state index is 12.5. The molecule has 140 valence electrons. The number of hydrogen-bond donors (Lipinski definition) is 1. The van der Waals surface area contributed by atoms with Gasteiger partial charge in [0, 0.05) is 11.1 Å². The quantitative estimate of drug-likeness (QED) is 0.659. The predicted octanol–water partition coefficient (Wildman–Crippen LogP) is 1.69. The summed E-state index contributed by atoms with van der Waals surface area (Å²) in [6, 6.07) is 9.09. The number of ether oxygens (including phenoxy) is 1. The topological polar surface area (TPSA) is 126 Å². The summed E-state index contributed by atoms with van der Waals surface area (Å²) in [6.07, 6.45) is 0. The van der Waals surface area contributed by atoms with Crippen molar-refractivity contribution in [1.82, 2.24) is 0 Å². The molecule has 9 heteroatoms. The number of carboxylic acids is 1. The maximum absolute atomic E-state index is 12.5. The van der Waals surface area contributed by atoms with E-state index in [1.807, 2.05) is 0 Å². The lowest BCUT2D eigenvalue weighted by atomic mass is 10.1. The second kappa shape index (κ2) is 6.76. The van der Waals surface area contributed by atoms with Crippen LogP contribution in [0.25, 0.3) is 11.0 Å². The van der Waals surface area contributed by atoms with Crippen molar-refractivity contribution in [2.45, 2.75) is 11.8 Å². The molecule has 27 heavy (non-hydrogen) atoms. The number of fused-ring (bicyclic) bond motifs is 1. The minimum Gasteiger partial charge on any atom is -0.545 e. The van der Waals surface area contributed by atoms with Gasteiger partial charge in [-0.3, -0.25) is 4.72 Å². The lowest BCUT2D eigenvalue weighted by Crippen LogP contribution is -2.22. The van der Waals surface area contributed by atoms with Crippen LogP contribution in [0.3, 0.4) is 0 Å². The number of carbonyl (C=O) groups is 2. The largest absolute Gasteiger partial charge is 0.545 e. The molecule has 0 bridgehead atoms. The van der Waals surface area contributed by atoms with Crippen LogP contribution < -0.4 is 9.83 Å². The smallest absolute Gasteiger partial charge is 0.342 e. The number of rotatable bonds is 5. The van der Waals surface area contributed by atoms with Crippen LogP contribution >= 0.6 is 0 Å². The van der Waals surface area contributed by atoms with Gasteiger partial charge in [0.1, 0.15) is 16.9 Å². The van der Waals surface area contributed by atoms with Crippen molar-refractivity contribution in [3.63, 3.8) is 0 Å². The zero-order valence-corrected chi connectivity index (χ0v) is 15.1. The number of furan rings is 1. The van der Waals surface area contributed by atoms with Crippen LogP contribution in [0.5, 0.6) is 0 Å². The van der Waals surface area contributed by atoms with Gasteiger partial charge in [0.25, 0.3) is 10.0 Å². The van der Waals surface area contributed by atoms with E-state index in [9.17, 15) is 23.1 Å². The van der Waals surface area contributed by atoms with Crippen LogP contribution in [0.2, 0.25) is 0 Å². The molecule has 0 saturated heterocycles. The summed E-state index contributed by atoms with van der Waals surface area (Å²) in [6.45, 7) is 1.61. The third-order valence-corrected chi connectivity index (χ3v) is 5.30. The number of benzene rings is 2. The molecule has 0 fully saturated rings. The van der Waals surface area contributed by atoms with Gasteiger partial charge in [-0.2, -0.15) is 0 Å². The van der Waals surface area contributed by atoms with E-state index in [-0.39, 0.29) is 21.7 Å². The highest BCUT2D eigenvalue weighted by atomic mass is 32.2. The van der Waals surface area contributed by atoms with E-state index in [4.69, 9.17) is 9.15 Å².